The predicted molar refractivity (Wildman–Crippen MR) is 297 cm³/mol. The van der Waals surface area contributed by atoms with E-state index in [9.17, 15) is 0 Å². The van der Waals surface area contributed by atoms with Gasteiger partial charge in [-0.05, 0) is 109 Å². The predicted octanol–water partition coefficient (Wildman–Crippen LogP) is 17.6. The number of hydrogen-bond acceptors (Lipinski definition) is 0. The number of fused-ring (bicyclic) bond motifs is 12. The quantitative estimate of drug-likeness (QED) is 0.135. The van der Waals surface area contributed by atoms with Gasteiger partial charge in [-0.25, -0.2) is 0 Å². The molecule has 0 aliphatic heterocycles. The van der Waals surface area contributed by atoms with Crippen LogP contribution in [-0.2, 0) is 0 Å². The Morgan fingerprint density at radius 2 is 0.443 bits per heavy atom. The average molecular weight is 899 g/mol. The maximum atomic E-state index is 2.65. The van der Waals surface area contributed by atoms with Crippen molar-refractivity contribution >= 4 is 112 Å². The van der Waals surface area contributed by atoms with Crippen molar-refractivity contribution in [1.29, 1.82) is 0 Å². The standard InChI is InChI=1S/C66H50N4/c1-7-19-55-47(13-1)48-14-2-8-20-56(48)67(55)63-37-39-65(63)69-59-23-11-5-17-51(59)53-41-45(33-35-61(53)69)31-29-43-25-27-44(28-26-43)30-32-46-34-36-62-54(42-46)52-18-6-12-24-60(52)70(62)66-40-38-64(66)68-57-21-9-3-15-49(57)50-16-4-10-22-58(50)68/h1-36,41-42,63-66H,37-40H2/b31-29+,32-30+. The van der Waals surface area contributed by atoms with Gasteiger partial charge in [0.25, 0.3) is 0 Å². The lowest BCUT2D eigenvalue weighted by molar-refractivity contribution is 0.205. The van der Waals surface area contributed by atoms with Gasteiger partial charge in [0, 0.05) is 87.2 Å². The number of rotatable bonds is 8. The Morgan fingerprint density at radius 1 is 0.229 bits per heavy atom. The van der Waals surface area contributed by atoms with Crippen molar-refractivity contribution < 1.29 is 0 Å². The van der Waals surface area contributed by atoms with Gasteiger partial charge in [0.1, 0.15) is 0 Å². The van der Waals surface area contributed by atoms with Gasteiger partial charge in [0.2, 0.25) is 0 Å². The van der Waals surface area contributed by atoms with E-state index in [-0.39, 0.29) is 0 Å². The van der Waals surface area contributed by atoms with E-state index in [0.29, 0.717) is 24.2 Å². The highest BCUT2D eigenvalue weighted by atomic mass is 15.2. The second-order valence-corrected chi connectivity index (χ2v) is 19.9. The van der Waals surface area contributed by atoms with Gasteiger partial charge in [-0.1, -0.05) is 170 Å². The van der Waals surface area contributed by atoms with Crippen molar-refractivity contribution in [2.75, 3.05) is 0 Å². The molecule has 334 valence electrons. The van der Waals surface area contributed by atoms with Crippen molar-refractivity contribution in [2.45, 2.75) is 49.9 Å². The molecule has 2 fully saturated rings. The number of hydrogen-bond donors (Lipinski definition) is 0. The molecule has 4 heteroatoms. The van der Waals surface area contributed by atoms with Gasteiger partial charge in [-0.3, -0.25) is 0 Å². The zero-order chi connectivity index (χ0) is 45.9. The fraction of sp³-hybridized carbons (Fsp3) is 0.121. The summed E-state index contributed by atoms with van der Waals surface area (Å²) in [7, 11) is 0. The van der Waals surface area contributed by atoms with Crippen LogP contribution in [0.3, 0.4) is 0 Å². The minimum Gasteiger partial charge on any atom is -0.335 e. The van der Waals surface area contributed by atoms with Crippen molar-refractivity contribution in [3.63, 3.8) is 0 Å². The van der Waals surface area contributed by atoms with Gasteiger partial charge in [0.05, 0.1) is 24.2 Å². The van der Waals surface area contributed by atoms with E-state index in [4.69, 9.17) is 0 Å². The largest absolute Gasteiger partial charge is 0.335 e. The Labute approximate surface area is 406 Å². The summed E-state index contributed by atoms with van der Waals surface area (Å²) < 4.78 is 10.6. The summed E-state index contributed by atoms with van der Waals surface area (Å²) in [4.78, 5) is 0. The molecule has 9 aromatic carbocycles. The summed E-state index contributed by atoms with van der Waals surface area (Å²) in [5.74, 6) is 0. The van der Waals surface area contributed by atoms with E-state index in [2.05, 4.69) is 249 Å². The van der Waals surface area contributed by atoms with Gasteiger partial charge in [-0.15, -0.1) is 0 Å². The molecular formula is C66H50N4. The molecule has 0 bridgehead atoms. The Kier molecular flexibility index (Phi) is 8.83. The fourth-order valence-corrected chi connectivity index (χ4v) is 12.8. The monoisotopic (exact) mass is 898 g/mol. The second-order valence-electron chi connectivity index (χ2n) is 19.9. The highest BCUT2D eigenvalue weighted by molar-refractivity contribution is 6.12. The molecule has 4 heterocycles. The minimum absolute atomic E-state index is 0.379. The molecular weight excluding hydrogens is 849 g/mol. The normalized spacial score (nSPS) is 18.5. The molecule has 70 heavy (non-hydrogen) atoms. The third-order valence-corrected chi connectivity index (χ3v) is 16.3. The minimum atomic E-state index is 0.379. The van der Waals surface area contributed by atoms with E-state index < -0.39 is 0 Å². The van der Waals surface area contributed by atoms with Crippen molar-refractivity contribution in [3.05, 3.63) is 229 Å². The van der Waals surface area contributed by atoms with Crippen LogP contribution in [0.1, 0.15) is 72.1 Å². The Balaban J connectivity index is 0.695. The molecule has 4 unspecified atom stereocenters. The van der Waals surface area contributed by atoms with Crippen LogP contribution in [-0.4, -0.2) is 18.3 Å². The Morgan fingerprint density at radius 3 is 0.714 bits per heavy atom. The molecule has 0 saturated heterocycles. The second kappa shape index (κ2) is 15.6. The summed E-state index contributed by atoms with van der Waals surface area (Å²) in [6.07, 6.45) is 13.7. The maximum absolute atomic E-state index is 2.65. The number of aromatic nitrogens is 4. The molecule has 0 spiro atoms. The fourth-order valence-electron chi connectivity index (χ4n) is 12.8. The van der Waals surface area contributed by atoms with E-state index in [1.165, 1.54) is 135 Å². The van der Waals surface area contributed by atoms with Crippen LogP contribution in [0.25, 0.3) is 112 Å². The van der Waals surface area contributed by atoms with E-state index in [0.717, 1.165) is 0 Å². The van der Waals surface area contributed by atoms with Crippen LogP contribution in [0.4, 0.5) is 0 Å². The lowest BCUT2D eigenvalue weighted by Gasteiger charge is -2.40. The van der Waals surface area contributed by atoms with Crippen LogP contribution < -0.4 is 0 Å². The summed E-state index contributed by atoms with van der Waals surface area (Å²) in [6, 6.07) is 78.3. The Hall–Kier alpha value is -8.34. The molecule has 0 amide bonds. The topological polar surface area (TPSA) is 19.7 Å². The first-order chi connectivity index (χ1) is 34.7. The first-order valence-electron chi connectivity index (χ1n) is 25.2. The van der Waals surface area contributed by atoms with Crippen LogP contribution >= 0.6 is 0 Å². The van der Waals surface area contributed by atoms with Gasteiger partial charge in [-0.2, -0.15) is 0 Å². The summed E-state index contributed by atoms with van der Waals surface area (Å²) in [6.45, 7) is 0. The summed E-state index contributed by atoms with van der Waals surface area (Å²) >= 11 is 0. The first-order valence-corrected chi connectivity index (χ1v) is 25.2. The molecule has 2 aliphatic rings. The van der Waals surface area contributed by atoms with Crippen molar-refractivity contribution in [3.8, 4) is 0 Å². The molecule has 15 rings (SSSR count). The van der Waals surface area contributed by atoms with Gasteiger partial charge < -0.3 is 18.3 Å². The van der Waals surface area contributed by atoms with E-state index in [1.807, 2.05) is 0 Å². The molecule has 0 N–H and O–H groups in total. The molecule has 13 aromatic rings. The smallest absolute Gasteiger partial charge is 0.0551 e. The lowest BCUT2D eigenvalue weighted by atomic mass is 9.85. The van der Waals surface area contributed by atoms with Crippen LogP contribution in [0.2, 0.25) is 0 Å². The van der Waals surface area contributed by atoms with E-state index in [1.54, 1.807) is 0 Å². The van der Waals surface area contributed by atoms with Crippen molar-refractivity contribution in [2.24, 2.45) is 0 Å². The molecule has 4 atom stereocenters. The molecule has 4 nitrogen and oxygen atoms in total. The average Bonchev–Trinajstić information content (AvgIpc) is 4.11. The highest BCUT2D eigenvalue weighted by Crippen LogP contribution is 2.51. The zero-order valence-corrected chi connectivity index (χ0v) is 38.9. The number of para-hydroxylation sites is 6. The molecule has 2 saturated carbocycles. The van der Waals surface area contributed by atoms with Gasteiger partial charge in [0.15, 0.2) is 0 Å². The SMILES string of the molecule is C(=C\c1ccc2c(c1)c1ccccc1n2C1CCC1n1c2ccccc2c2ccccc21)/c1ccc(/C=C/c2ccc3c(c2)c2ccccc2n3C2CCC2n2c3ccccc3c3ccccc32)cc1. The molecule has 0 radical (unpaired) electrons. The third kappa shape index (κ3) is 5.96. The number of nitrogens with zero attached hydrogens (tertiary/aromatic N) is 4. The highest BCUT2D eigenvalue weighted by Gasteiger charge is 2.38. The first kappa shape index (κ1) is 39.6. The van der Waals surface area contributed by atoms with Crippen LogP contribution in [0.5, 0.6) is 0 Å². The zero-order valence-electron chi connectivity index (χ0n) is 38.9. The molecule has 2 aliphatic carbocycles. The summed E-state index contributed by atoms with van der Waals surface area (Å²) in [5.41, 5.74) is 15.4. The van der Waals surface area contributed by atoms with Crippen molar-refractivity contribution in [1.82, 2.24) is 18.3 Å². The van der Waals surface area contributed by atoms with Crippen LogP contribution in [0.15, 0.2) is 206 Å². The Bertz CT molecular complexity index is 3900. The lowest BCUT2D eigenvalue weighted by Crippen LogP contribution is -2.31. The van der Waals surface area contributed by atoms with E-state index >= 15 is 0 Å². The maximum Gasteiger partial charge on any atom is 0.0551 e. The number of benzene rings is 9. The van der Waals surface area contributed by atoms with Gasteiger partial charge >= 0.3 is 0 Å². The van der Waals surface area contributed by atoms with Crippen LogP contribution in [0, 0.1) is 0 Å². The summed E-state index contributed by atoms with van der Waals surface area (Å²) in [5, 5.41) is 10.7. The molecule has 4 aromatic heterocycles. The third-order valence-electron chi connectivity index (χ3n) is 16.3.